The lowest BCUT2D eigenvalue weighted by atomic mass is 10.1. The van der Waals surface area contributed by atoms with E-state index >= 15 is 0 Å². The molecule has 2 nitrogen and oxygen atoms in total. The van der Waals surface area contributed by atoms with Crippen molar-refractivity contribution in [2.24, 2.45) is 0 Å². The van der Waals surface area contributed by atoms with Gasteiger partial charge in [0, 0.05) is 25.3 Å². The van der Waals surface area contributed by atoms with Crippen LogP contribution in [0, 0.1) is 0 Å². The maximum atomic E-state index is 11.5. The van der Waals surface area contributed by atoms with Crippen molar-refractivity contribution in [1.82, 2.24) is 0 Å². The van der Waals surface area contributed by atoms with Crippen LogP contribution in [0.1, 0.15) is 17.3 Å². The normalized spacial score (nSPS) is 12.3. The number of alkyl halides is 1. The van der Waals surface area contributed by atoms with Crippen LogP contribution >= 0.6 is 11.6 Å². The maximum Gasteiger partial charge on any atom is 0.180 e. The molecule has 0 aliphatic carbocycles. The number of Topliss-reactive ketones (excluding diaryl/α,β-unsaturated/α-hetero) is 1. The van der Waals surface area contributed by atoms with Gasteiger partial charge in [-0.2, -0.15) is 0 Å². The summed E-state index contributed by atoms with van der Waals surface area (Å²) in [5.74, 6) is -0.0306. The predicted molar refractivity (Wildman–Crippen MR) is 60.4 cm³/mol. The zero-order valence-corrected chi connectivity index (χ0v) is 9.38. The van der Waals surface area contributed by atoms with Gasteiger partial charge in [0.05, 0.1) is 5.38 Å². The molecule has 1 aromatic rings. The Morgan fingerprint density at radius 3 is 2.14 bits per heavy atom. The van der Waals surface area contributed by atoms with Crippen molar-refractivity contribution < 1.29 is 4.79 Å². The van der Waals surface area contributed by atoms with Gasteiger partial charge in [-0.15, -0.1) is 11.6 Å². The number of carbonyl (C=O) groups is 1. The van der Waals surface area contributed by atoms with Gasteiger partial charge in [-0.25, -0.2) is 0 Å². The van der Waals surface area contributed by atoms with Crippen LogP contribution < -0.4 is 4.90 Å². The van der Waals surface area contributed by atoms with E-state index in [0.29, 0.717) is 5.56 Å². The van der Waals surface area contributed by atoms with E-state index in [4.69, 9.17) is 11.6 Å². The molecular weight excluding hydrogens is 198 g/mol. The van der Waals surface area contributed by atoms with Gasteiger partial charge in [0.15, 0.2) is 5.78 Å². The molecule has 1 rings (SSSR count). The molecule has 1 atom stereocenters. The van der Waals surface area contributed by atoms with E-state index in [1.807, 2.05) is 31.1 Å². The molecule has 0 fully saturated rings. The molecule has 1 aromatic carbocycles. The molecule has 0 radical (unpaired) electrons. The molecule has 0 bridgehead atoms. The number of ketones is 1. The third-order valence-corrected chi connectivity index (χ3v) is 2.23. The number of nitrogens with zero attached hydrogens (tertiary/aromatic N) is 1. The second-order valence-corrected chi connectivity index (χ2v) is 4.08. The standard InChI is InChI=1S/C11H14ClNO/c1-8(12)11(14)9-4-6-10(7-5-9)13(2)3/h4-8H,1-3H3. The average molecular weight is 212 g/mol. The largest absolute Gasteiger partial charge is 0.378 e. The minimum absolute atomic E-state index is 0.0306. The molecule has 1 unspecified atom stereocenters. The molecule has 0 aliphatic heterocycles. The van der Waals surface area contributed by atoms with Crippen LogP contribution in [-0.4, -0.2) is 25.3 Å². The monoisotopic (exact) mass is 211 g/mol. The van der Waals surface area contributed by atoms with E-state index in [1.54, 1.807) is 19.1 Å². The van der Waals surface area contributed by atoms with E-state index in [2.05, 4.69) is 0 Å². The number of benzene rings is 1. The van der Waals surface area contributed by atoms with Crippen molar-refractivity contribution in [1.29, 1.82) is 0 Å². The Bertz CT molecular complexity index is 317. The number of carbonyl (C=O) groups excluding carboxylic acids is 1. The van der Waals surface area contributed by atoms with Gasteiger partial charge < -0.3 is 4.90 Å². The highest BCUT2D eigenvalue weighted by Gasteiger charge is 2.11. The smallest absolute Gasteiger partial charge is 0.180 e. The van der Waals surface area contributed by atoms with Crippen LogP contribution in [0.25, 0.3) is 0 Å². The lowest BCUT2D eigenvalue weighted by Crippen LogP contribution is -2.12. The molecule has 0 saturated heterocycles. The number of hydrogen-bond acceptors (Lipinski definition) is 2. The fourth-order valence-corrected chi connectivity index (χ4v) is 1.28. The second-order valence-electron chi connectivity index (χ2n) is 3.42. The van der Waals surface area contributed by atoms with Crippen molar-refractivity contribution in [3.05, 3.63) is 29.8 Å². The minimum Gasteiger partial charge on any atom is -0.378 e. The van der Waals surface area contributed by atoms with Crippen LogP contribution in [-0.2, 0) is 0 Å². The first-order chi connectivity index (χ1) is 6.52. The lowest BCUT2D eigenvalue weighted by molar-refractivity contribution is 0.0992. The summed E-state index contributed by atoms with van der Waals surface area (Å²) in [5.41, 5.74) is 1.74. The van der Waals surface area contributed by atoms with E-state index in [9.17, 15) is 4.79 Å². The van der Waals surface area contributed by atoms with Crippen LogP contribution in [0.5, 0.6) is 0 Å². The summed E-state index contributed by atoms with van der Waals surface area (Å²) in [7, 11) is 3.92. The van der Waals surface area contributed by atoms with Crippen molar-refractivity contribution in [3.8, 4) is 0 Å². The fraction of sp³-hybridized carbons (Fsp3) is 0.364. The summed E-state index contributed by atoms with van der Waals surface area (Å²) in [6.07, 6.45) is 0. The highest BCUT2D eigenvalue weighted by molar-refractivity contribution is 6.33. The van der Waals surface area contributed by atoms with Gasteiger partial charge >= 0.3 is 0 Å². The first kappa shape index (κ1) is 11.1. The number of halogens is 1. The summed E-state index contributed by atoms with van der Waals surface area (Å²) in [5, 5.41) is -0.458. The van der Waals surface area contributed by atoms with Crippen LogP contribution in [0.2, 0.25) is 0 Å². The first-order valence-electron chi connectivity index (χ1n) is 4.48. The zero-order chi connectivity index (χ0) is 10.7. The van der Waals surface area contributed by atoms with Gasteiger partial charge in [-0.05, 0) is 31.2 Å². The summed E-state index contributed by atoms with van der Waals surface area (Å²) >= 11 is 5.71. The van der Waals surface area contributed by atoms with Crippen molar-refractivity contribution in [3.63, 3.8) is 0 Å². The van der Waals surface area contributed by atoms with E-state index in [-0.39, 0.29) is 5.78 Å². The second kappa shape index (κ2) is 4.47. The topological polar surface area (TPSA) is 20.3 Å². The highest BCUT2D eigenvalue weighted by atomic mass is 35.5. The molecular formula is C11H14ClNO. The Hall–Kier alpha value is -1.02. The number of rotatable bonds is 3. The number of anilines is 1. The minimum atomic E-state index is -0.458. The van der Waals surface area contributed by atoms with Crippen LogP contribution in [0.15, 0.2) is 24.3 Å². The zero-order valence-electron chi connectivity index (χ0n) is 8.62. The maximum absolute atomic E-state index is 11.5. The lowest BCUT2D eigenvalue weighted by Gasteiger charge is -2.12. The molecule has 0 heterocycles. The molecule has 0 amide bonds. The summed E-state index contributed by atoms with van der Waals surface area (Å²) in [4.78, 5) is 13.5. The SMILES string of the molecule is CC(Cl)C(=O)c1ccc(N(C)C)cc1. The van der Waals surface area contributed by atoms with Gasteiger partial charge in [-0.1, -0.05) is 0 Å². The molecule has 0 aromatic heterocycles. The Kier molecular flexibility index (Phi) is 3.53. The first-order valence-corrected chi connectivity index (χ1v) is 4.91. The quantitative estimate of drug-likeness (QED) is 0.566. The van der Waals surface area contributed by atoms with E-state index in [0.717, 1.165) is 5.69 Å². The average Bonchev–Trinajstić information content (AvgIpc) is 2.16. The molecule has 0 spiro atoms. The van der Waals surface area contributed by atoms with Gasteiger partial charge in [-0.3, -0.25) is 4.79 Å². The third-order valence-electron chi connectivity index (χ3n) is 2.03. The van der Waals surface area contributed by atoms with E-state index < -0.39 is 5.38 Å². The van der Waals surface area contributed by atoms with Crippen LogP contribution in [0.3, 0.4) is 0 Å². The molecule has 14 heavy (non-hydrogen) atoms. The molecule has 0 N–H and O–H groups in total. The molecule has 76 valence electrons. The molecule has 0 saturated carbocycles. The Balaban J connectivity index is 2.89. The summed E-state index contributed by atoms with van der Waals surface area (Å²) in [6, 6.07) is 7.42. The third kappa shape index (κ3) is 2.48. The fourth-order valence-electron chi connectivity index (χ4n) is 1.15. The van der Waals surface area contributed by atoms with Crippen molar-refractivity contribution in [2.75, 3.05) is 19.0 Å². The Labute approximate surface area is 89.5 Å². The van der Waals surface area contributed by atoms with Crippen LogP contribution in [0.4, 0.5) is 5.69 Å². The predicted octanol–water partition coefficient (Wildman–Crippen LogP) is 2.56. The van der Waals surface area contributed by atoms with Crippen molar-refractivity contribution >= 4 is 23.1 Å². The molecule has 3 heteroatoms. The van der Waals surface area contributed by atoms with Gasteiger partial charge in [0.1, 0.15) is 0 Å². The van der Waals surface area contributed by atoms with Gasteiger partial charge in [0.25, 0.3) is 0 Å². The number of hydrogen-bond donors (Lipinski definition) is 0. The summed E-state index contributed by atoms with van der Waals surface area (Å²) in [6.45, 7) is 1.68. The van der Waals surface area contributed by atoms with Crippen molar-refractivity contribution in [2.45, 2.75) is 12.3 Å². The van der Waals surface area contributed by atoms with Gasteiger partial charge in [0.2, 0.25) is 0 Å². The van der Waals surface area contributed by atoms with E-state index in [1.165, 1.54) is 0 Å². The Morgan fingerprint density at radius 2 is 1.79 bits per heavy atom. The Morgan fingerprint density at radius 1 is 1.29 bits per heavy atom. The molecule has 0 aliphatic rings. The summed E-state index contributed by atoms with van der Waals surface area (Å²) < 4.78 is 0. The highest BCUT2D eigenvalue weighted by Crippen LogP contribution is 2.14.